The van der Waals surface area contributed by atoms with Crippen molar-refractivity contribution in [3.05, 3.63) is 0 Å². The van der Waals surface area contributed by atoms with Gasteiger partial charge in [0.1, 0.15) is 0 Å². The zero-order valence-electron chi connectivity index (χ0n) is 15.7. The normalized spacial score (nSPS) is 13.3. The molecule has 0 bridgehead atoms. The molecule has 11 heteroatoms. The summed E-state index contributed by atoms with van der Waals surface area (Å²) in [5.41, 5.74) is 0. The van der Waals surface area contributed by atoms with Crippen molar-refractivity contribution in [1.29, 1.82) is 0 Å². The highest BCUT2D eigenvalue weighted by molar-refractivity contribution is 7.84. The molecule has 0 radical (unpaired) electrons. The smallest absolute Gasteiger partial charge is 0.262 e. The molecular weight excluding hydrogens is 388 g/mol. The summed E-state index contributed by atoms with van der Waals surface area (Å²) in [5.74, 6) is 0. The molecule has 0 N–H and O–H groups in total. The molecule has 0 aliphatic carbocycles. The molecule has 0 aliphatic rings. The van der Waals surface area contributed by atoms with Crippen LogP contribution in [0.25, 0.3) is 0 Å². The Balaban J connectivity index is 5.42. The molecule has 152 valence electrons. The topological polar surface area (TPSA) is 105 Å². The Morgan fingerprint density at radius 1 is 0.640 bits per heavy atom. The highest BCUT2D eigenvalue weighted by Crippen LogP contribution is 2.30. The fourth-order valence-electron chi connectivity index (χ4n) is 2.39. The third-order valence-corrected chi connectivity index (χ3v) is 10.8. The average Bonchev–Trinajstić information content (AvgIpc) is 2.55. The lowest BCUT2D eigenvalue weighted by molar-refractivity contribution is 0.269. The molecule has 0 rings (SSSR count). The monoisotopic (exact) mass is 420 g/mol. The van der Waals surface area contributed by atoms with Crippen molar-refractivity contribution in [3.8, 4) is 0 Å². The Morgan fingerprint density at radius 2 is 1.00 bits per heavy atom. The van der Waals surface area contributed by atoms with Crippen LogP contribution in [0.1, 0.15) is 65.2 Å². The predicted molar refractivity (Wildman–Crippen MR) is 97.7 cm³/mol. The van der Waals surface area contributed by atoms with Crippen molar-refractivity contribution in [2.75, 3.05) is 14.2 Å². The SMILES string of the molecule is CCCCCC[Si](CCCCCC)(OS(=O)(=O)OC)OS(=O)(=O)OC. The van der Waals surface area contributed by atoms with Crippen molar-refractivity contribution in [2.45, 2.75) is 77.3 Å². The van der Waals surface area contributed by atoms with Crippen LogP contribution < -0.4 is 0 Å². The van der Waals surface area contributed by atoms with Crippen molar-refractivity contribution in [2.24, 2.45) is 0 Å². The molecule has 8 nitrogen and oxygen atoms in total. The van der Waals surface area contributed by atoms with Crippen LogP contribution in [0.2, 0.25) is 12.1 Å². The van der Waals surface area contributed by atoms with Crippen LogP contribution in [0.3, 0.4) is 0 Å². The Morgan fingerprint density at radius 3 is 1.28 bits per heavy atom. The van der Waals surface area contributed by atoms with Crippen LogP contribution in [-0.4, -0.2) is 39.6 Å². The first-order chi connectivity index (χ1) is 11.7. The van der Waals surface area contributed by atoms with Crippen LogP contribution in [0.15, 0.2) is 0 Å². The van der Waals surface area contributed by atoms with E-state index in [0.717, 1.165) is 52.7 Å². The van der Waals surface area contributed by atoms with Gasteiger partial charge in [0, 0.05) is 0 Å². The van der Waals surface area contributed by atoms with Gasteiger partial charge in [-0.1, -0.05) is 65.2 Å². The number of hydrogen-bond donors (Lipinski definition) is 0. The van der Waals surface area contributed by atoms with E-state index in [0.29, 0.717) is 12.8 Å². The Labute approximate surface area is 154 Å². The minimum absolute atomic E-state index is 0.240. The van der Waals surface area contributed by atoms with Gasteiger partial charge in [-0.2, -0.15) is 16.8 Å². The number of unbranched alkanes of at least 4 members (excludes halogenated alkanes) is 6. The highest BCUT2D eigenvalue weighted by atomic mass is 32.3. The van der Waals surface area contributed by atoms with E-state index in [9.17, 15) is 16.8 Å². The maximum atomic E-state index is 11.8. The van der Waals surface area contributed by atoms with Crippen molar-refractivity contribution < 1.29 is 32.9 Å². The summed E-state index contributed by atoms with van der Waals surface area (Å²) < 4.78 is 66.5. The van der Waals surface area contributed by atoms with E-state index in [-0.39, 0.29) is 12.1 Å². The molecule has 0 spiro atoms. The fraction of sp³-hybridized carbons (Fsp3) is 1.00. The van der Waals surface area contributed by atoms with Gasteiger partial charge in [0.05, 0.1) is 14.2 Å². The summed E-state index contributed by atoms with van der Waals surface area (Å²) in [7, 11) is -10.4. The molecule has 0 atom stereocenters. The number of rotatable bonds is 16. The first-order valence-corrected chi connectivity index (χ1v) is 13.6. The molecule has 0 amide bonds. The highest BCUT2D eigenvalue weighted by Gasteiger charge is 2.46. The lowest BCUT2D eigenvalue weighted by atomic mass is 10.2. The zero-order valence-corrected chi connectivity index (χ0v) is 18.3. The minimum Gasteiger partial charge on any atom is -0.262 e. The van der Waals surface area contributed by atoms with Crippen molar-refractivity contribution >= 4 is 29.4 Å². The molecule has 0 aliphatic heterocycles. The molecule has 0 aromatic heterocycles. The Bertz CT molecular complexity index is 497. The largest absolute Gasteiger partial charge is 0.392 e. The second-order valence-electron chi connectivity index (χ2n) is 5.85. The maximum absolute atomic E-state index is 11.8. The van der Waals surface area contributed by atoms with E-state index in [1.807, 2.05) is 13.8 Å². The summed E-state index contributed by atoms with van der Waals surface area (Å²) in [6.07, 6.45) is 6.85. The van der Waals surface area contributed by atoms with Crippen molar-refractivity contribution in [1.82, 2.24) is 0 Å². The summed E-state index contributed by atoms with van der Waals surface area (Å²) in [5, 5.41) is 0. The molecule has 0 unspecified atom stereocenters. The second-order valence-corrected chi connectivity index (χ2v) is 12.3. The van der Waals surface area contributed by atoms with Gasteiger partial charge in [0.2, 0.25) is 0 Å². The molecular formula is C14H32O8S2Si. The van der Waals surface area contributed by atoms with Crippen molar-refractivity contribution in [3.63, 3.8) is 0 Å². The third kappa shape index (κ3) is 11.3. The number of hydrogen-bond acceptors (Lipinski definition) is 8. The maximum Gasteiger partial charge on any atom is 0.392 e. The molecule has 0 heterocycles. The van der Waals surface area contributed by atoms with Crippen LogP contribution in [-0.2, 0) is 36.9 Å². The van der Waals surface area contributed by atoms with E-state index in [2.05, 4.69) is 8.37 Å². The molecule has 0 aromatic rings. The van der Waals surface area contributed by atoms with Gasteiger partial charge in [-0.25, -0.2) is 0 Å². The molecule has 25 heavy (non-hydrogen) atoms. The predicted octanol–water partition coefficient (Wildman–Crippen LogP) is 3.40. The Kier molecular flexibility index (Phi) is 12.3. The first-order valence-electron chi connectivity index (χ1n) is 8.68. The lowest BCUT2D eigenvalue weighted by Crippen LogP contribution is -2.46. The van der Waals surface area contributed by atoms with E-state index < -0.39 is 29.4 Å². The molecule has 0 aromatic carbocycles. The molecule has 0 saturated carbocycles. The van der Waals surface area contributed by atoms with E-state index in [1.54, 1.807) is 0 Å². The van der Waals surface area contributed by atoms with Gasteiger partial charge in [-0.3, -0.25) is 16.1 Å². The summed E-state index contributed by atoms with van der Waals surface area (Å²) in [4.78, 5) is 0. The standard InChI is InChI=1S/C14H32O8S2Si/c1-5-7-9-11-13-25(14-12-10-8-6-2,21-23(15,16)19-3)22-24(17,18)20-4/h5-14H2,1-4H3. The van der Waals surface area contributed by atoms with E-state index in [4.69, 9.17) is 7.74 Å². The lowest BCUT2D eigenvalue weighted by Gasteiger charge is -2.28. The molecule has 0 fully saturated rings. The fourth-order valence-corrected chi connectivity index (χ4v) is 9.43. The van der Waals surface area contributed by atoms with Gasteiger partial charge < -0.3 is 0 Å². The average molecular weight is 421 g/mol. The van der Waals surface area contributed by atoms with Gasteiger partial charge in [-0.05, 0) is 12.1 Å². The van der Waals surface area contributed by atoms with Crippen LogP contribution >= 0.6 is 0 Å². The van der Waals surface area contributed by atoms with E-state index >= 15 is 0 Å². The van der Waals surface area contributed by atoms with Crippen LogP contribution in [0.4, 0.5) is 0 Å². The summed E-state index contributed by atoms with van der Waals surface area (Å²) in [6, 6.07) is 0.481. The zero-order chi connectivity index (χ0) is 19.4. The summed E-state index contributed by atoms with van der Waals surface area (Å²) in [6.45, 7) is 4.10. The Hall–Kier alpha value is -0.0431. The summed E-state index contributed by atoms with van der Waals surface area (Å²) >= 11 is 0. The van der Waals surface area contributed by atoms with Gasteiger partial charge >= 0.3 is 29.4 Å². The van der Waals surface area contributed by atoms with Gasteiger partial charge in [0.25, 0.3) is 0 Å². The van der Waals surface area contributed by atoms with Crippen LogP contribution in [0, 0.1) is 0 Å². The molecule has 0 saturated heterocycles. The second kappa shape index (κ2) is 12.4. The quantitative estimate of drug-likeness (QED) is 0.276. The first kappa shape index (κ1) is 25.0. The third-order valence-electron chi connectivity index (χ3n) is 3.74. The van der Waals surface area contributed by atoms with Gasteiger partial charge in [0.15, 0.2) is 0 Å². The van der Waals surface area contributed by atoms with E-state index in [1.165, 1.54) is 0 Å². The minimum atomic E-state index is -4.33. The van der Waals surface area contributed by atoms with Crippen LogP contribution in [0.5, 0.6) is 0 Å². The van der Waals surface area contributed by atoms with Gasteiger partial charge in [-0.15, -0.1) is 0 Å².